The lowest BCUT2D eigenvalue weighted by Crippen LogP contribution is -2.57. The molecule has 3 N–H and O–H groups in total. The maximum atomic E-state index is 13.2. The lowest BCUT2D eigenvalue weighted by molar-refractivity contribution is -0.138. The molecule has 4 aliphatic rings. The standard InChI is InChI=1S/C20H25BrN2O3/c1-12-4-15(26-10-17(22)24)2-3-16(12)23-18(25)19-6-13-5-14(7-19)9-20(21,8-13)11-19/h2-4,13-14H,5-11H2,1H3,(H2,22,24)(H,23,25)/t13-,14-,19?,20?/m1/s1. The molecule has 140 valence electrons. The predicted molar refractivity (Wildman–Crippen MR) is 103 cm³/mol. The van der Waals surface area contributed by atoms with Crippen molar-refractivity contribution < 1.29 is 14.3 Å². The van der Waals surface area contributed by atoms with Gasteiger partial charge in [0.1, 0.15) is 5.75 Å². The van der Waals surface area contributed by atoms with Crippen LogP contribution in [0.2, 0.25) is 0 Å². The van der Waals surface area contributed by atoms with Gasteiger partial charge in [0.05, 0.1) is 5.41 Å². The van der Waals surface area contributed by atoms with Crippen molar-refractivity contribution in [3.8, 4) is 5.75 Å². The Morgan fingerprint density at radius 3 is 2.54 bits per heavy atom. The number of nitrogens with one attached hydrogen (secondary N) is 1. The van der Waals surface area contributed by atoms with Crippen LogP contribution >= 0.6 is 15.9 Å². The number of anilines is 1. The molecule has 4 aliphatic carbocycles. The van der Waals surface area contributed by atoms with Crippen LogP contribution in [0.15, 0.2) is 18.2 Å². The number of alkyl halides is 1. The van der Waals surface area contributed by atoms with E-state index >= 15 is 0 Å². The van der Waals surface area contributed by atoms with Gasteiger partial charge >= 0.3 is 0 Å². The van der Waals surface area contributed by atoms with Gasteiger partial charge in [-0.15, -0.1) is 0 Å². The molecule has 2 amide bonds. The van der Waals surface area contributed by atoms with Crippen LogP contribution in [0.25, 0.3) is 0 Å². The van der Waals surface area contributed by atoms with Crippen molar-refractivity contribution >= 4 is 33.4 Å². The fourth-order valence-corrected chi connectivity index (χ4v) is 7.14. The van der Waals surface area contributed by atoms with Crippen molar-refractivity contribution in [2.24, 2.45) is 23.0 Å². The van der Waals surface area contributed by atoms with Crippen LogP contribution in [0.1, 0.15) is 44.1 Å². The third-order valence-corrected chi connectivity index (χ3v) is 7.23. The first-order valence-corrected chi connectivity index (χ1v) is 10.1. The summed E-state index contributed by atoms with van der Waals surface area (Å²) in [4.78, 5) is 24.1. The summed E-state index contributed by atoms with van der Waals surface area (Å²) in [5, 5.41) is 3.17. The highest BCUT2D eigenvalue weighted by molar-refractivity contribution is 9.10. The molecule has 26 heavy (non-hydrogen) atoms. The zero-order valence-corrected chi connectivity index (χ0v) is 16.6. The summed E-state index contributed by atoms with van der Waals surface area (Å²) < 4.78 is 5.49. The molecule has 4 bridgehead atoms. The van der Waals surface area contributed by atoms with E-state index in [1.54, 1.807) is 6.07 Å². The lowest BCUT2D eigenvalue weighted by Gasteiger charge is -2.59. The van der Waals surface area contributed by atoms with Crippen molar-refractivity contribution in [2.75, 3.05) is 11.9 Å². The van der Waals surface area contributed by atoms with Gasteiger partial charge in [0, 0.05) is 10.0 Å². The Labute approximate surface area is 162 Å². The third kappa shape index (κ3) is 3.24. The highest BCUT2D eigenvalue weighted by Crippen LogP contribution is 2.64. The number of amides is 2. The number of primary amides is 1. The minimum absolute atomic E-state index is 0.148. The smallest absolute Gasteiger partial charge is 0.255 e. The van der Waals surface area contributed by atoms with Crippen LogP contribution in [0, 0.1) is 24.2 Å². The summed E-state index contributed by atoms with van der Waals surface area (Å²) in [6, 6.07) is 5.43. The first-order valence-electron chi connectivity index (χ1n) is 9.29. The van der Waals surface area contributed by atoms with E-state index < -0.39 is 5.91 Å². The van der Waals surface area contributed by atoms with Crippen LogP contribution in [-0.4, -0.2) is 22.7 Å². The molecular formula is C20H25BrN2O3. The summed E-state index contributed by atoms with van der Waals surface area (Å²) in [5.74, 6) is 1.57. The zero-order valence-electron chi connectivity index (χ0n) is 15.0. The molecule has 0 radical (unpaired) electrons. The highest BCUT2D eigenvalue weighted by Gasteiger charge is 2.59. The zero-order chi connectivity index (χ0) is 18.5. The molecule has 4 fully saturated rings. The van der Waals surface area contributed by atoms with E-state index in [-0.39, 0.29) is 22.3 Å². The normalized spacial score (nSPS) is 34.5. The molecule has 0 spiro atoms. The predicted octanol–water partition coefficient (Wildman–Crippen LogP) is 3.53. The van der Waals surface area contributed by atoms with E-state index in [1.165, 1.54) is 19.3 Å². The van der Waals surface area contributed by atoms with E-state index in [4.69, 9.17) is 10.5 Å². The quantitative estimate of drug-likeness (QED) is 0.714. The molecule has 2 atom stereocenters. The Bertz CT molecular complexity index is 749. The maximum absolute atomic E-state index is 13.2. The van der Waals surface area contributed by atoms with Crippen LogP contribution in [-0.2, 0) is 9.59 Å². The Hall–Kier alpha value is -1.56. The maximum Gasteiger partial charge on any atom is 0.255 e. The van der Waals surface area contributed by atoms with E-state index in [1.807, 2.05) is 19.1 Å². The molecule has 5 rings (SSSR count). The number of benzene rings is 1. The highest BCUT2D eigenvalue weighted by atomic mass is 79.9. The van der Waals surface area contributed by atoms with Crippen molar-refractivity contribution in [2.45, 2.75) is 49.8 Å². The second-order valence-corrected chi connectivity index (χ2v) is 10.3. The minimum Gasteiger partial charge on any atom is -0.484 e. The van der Waals surface area contributed by atoms with Gasteiger partial charge in [-0.2, -0.15) is 0 Å². The van der Waals surface area contributed by atoms with Crippen LogP contribution in [0.4, 0.5) is 5.69 Å². The van der Waals surface area contributed by atoms with Crippen molar-refractivity contribution in [1.82, 2.24) is 0 Å². The summed E-state index contributed by atoms with van der Waals surface area (Å²) in [6.45, 7) is 1.78. The number of carbonyl (C=O) groups excluding carboxylic acids is 2. The number of aryl methyl sites for hydroxylation is 1. The van der Waals surface area contributed by atoms with Crippen LogP contribution in [0.3, 0.4) is 0 Å². The first-order chi connectivity index (χ1) is 12.3. The Balaban J connectivity index is 1.49. The summed E-state index contributed by atoms with van der Waals surface area (Å²) >= 11 is 3.96. The summed E-state index contributed by atoms with van der Waals surface area (Å²) in [6.07, 6.45) is 6.68. The number of halogens is 1. The third-order valence-electron chi connectivity index (χ3n) is 6.30. The van der Waals surface area contributed by atoms with E-state index in [9.17, 15) is 9.59 Å². The summed E-state index contributed by atoms with van der Waals surface area (Å²) in [5.41, 5.74) is 6.59. The van der Waals surface area contributed by atoms with Crippen molar-refractivity contribution in [1.29, 1.82) is 0 Å². The average Bonchev–Trinajstić information content (AvgIpc) is 2.52. The number of rotatable bonds is 5. The van der Waals surface area contributed by atoms with Gasteiger partial charge in [-0.1, -0.05) is 15.9 Å². The van der Waals surface area contributed by atoms with Gasteiger partial charge in [-0.25, -0.2) is 0 Å². The monoisotopic (exact) mass is 420 g/mol. The number of nitrogens with two attached hydrogens (primary N) is 1. The van der Waals surface area contributed by atoms with Crippen molar-refractivity contribution in [3.63, 3.8) is 0 Å². The first kappa shape index (κ1) is 17.8. The largest absolute Gasteiger partial charge is 0.484 e. The SMILES string of the molecule is Cc1cc(OCC(N)=O)ccc1NC(=O)C12C[C@H]3C[C@@H](CC(Br)(C3)C1)C2. The van der Waals surface area contributed by atoms with E-state index in [0.717, 1.165) is 30.5 Å². The molecule has 0 heterocycles. The molecule has 0 aromatic heterocycles. The average molecular weight is 421 g/mol. The summed E-state index contributed by atoms with van der Waals surface area (Å²) in [7, 11) is 0. The Morgan fingerprint density at radius 2 is 1.96 bits per heavy atom. The Morgan fingerprint density at radius 1 is 1.27 bits per heavy atom. The molecule has 5 nitrogen and oxygen atoms in total. The number of hydrogen-bond acceptors (Lipinski definition) is 3. The number of hydrogen-bond donors (Lipinski definition) is 2. The minimum atomic E-state index is -0.509. The molecule has 1 aromatic carbocycles. The number of ether oxygens (including phenoxy) is 1. The molecule has 6 heteroatoms. The molecule has 4 saturated carbocycles. The van der Waals surface area contributed by atoms with Crippen LogP contribution < -0.4 is 15.8 Å². The van der Waals surface area contributed by atoms with E-state index in [2.05, 4.69) is 21.2 Å². The van der Waals surface area contributed by atoms with Gasteiger partial charge < -0.3 is 15.8 Å². The molecule has 1 aromatic rings. The molecular weight excluding hydrogens is 396 g/mol. The Kier molecular flexibility index (Phi) is 4.29. The topological polar surface area (TPSA) is 81.4 Å². The molecule has 0 aliphatic heterocycles. The number of carbonyl (C=O) groups is 2. The van der Waals surface area contributed by atoms with Crippen molar-refractivity contribution in [3.05, 3.63) is 23.8 Å². The van der Waals surface area contributed by atoms with Gasteiger partial charge in [-0.3, -0.25) is 9.59 Å². The fourth-order valence-electron chi connectivity index (χ4n) is 5.69. The lowest BCUT2D eigenvalue weighted by atomic mass is 9.49. The molecule has 0 saturated heterocycles. The molecule has 0 unspecified atom stereocenters. The second-order valence-electron chi connectivity index (χ2n) is 8.58. The van der Waals surface area contributed by atoms with E-state index in [0.29, 0.717) is 17.6 Å². The van der Waals surface area contributed by atoms with Gasteiger partial charge in [0.25, 0.3) is 5.91 Å². The van der Waals surface area contributed by atoms with Crippen LogP contribution in [0.5, 0.6) is 5.75 Å². The second kappa shape index (κ2) is 6.25. The van der Waals surface area contributed by atoms with Gasteiger partial charge in [0.15, 0.2) is 6.61 Å². The van der Waals surface area contributed by atoms with Gasteiger partial charge in [-0.05, 0) is 81.0 Å². The van der Waals surface area contributed by atoms with Gasteiger partial charge in [0.2, 0.25) is 5.91 Å². The fraction of sp³-hybridized carbons (Fsp3) is 0.600.